The molecule has 15 heavy (non-hydrogen) atoms. The molecule has 0 aromatic heterocycles. The third-order valence-corrected chi connectivity index (χ3v) is 2.78. The minimum Gasteiger partial charge on any atom is -0.496 e. The molecular formula is C12H15FO2. The number of halogens is 1. The summed E-state index contributed by atoms with van der Waals surface area (Å²) in [6.45, 7) is 2.05. The third-order valence-electron chi connectivity index (χ3n) is 2.78. The first-order chi connectivity index (χ1) is 7.20. The van der Waals surface area contributed by atoms with Gasteiger partial charge in [0.2, 0.25) is 0 Å². The molecule has 1 aromatic carbocycles. The topological polar surface area (TPSA) is 21.8 Å². The second kappa shape index (κ2) is 4.19. The predicted octanol–water partition coefficient (Wildman–Crippen LogP) is 2.55. The van der Waals surface area contributed by atoms with Gasteiger partial charge in [-0.3, -0.25) is 0 Å². The molecule has 1 aliphatic rings. The van der Waals surface area contributed by atoms with Crippen LogP contribution in [0.2, 0.25) is 0 Å². The monoisotopic (exact) mass is 210 g/mol. The molecule has 3 heteroatoms. The minimum absolute atomic E-state index is 0.212. The Kier molecular flexibility index (Phi) is 2.91. The summed E-state index contributed by atoms with van der Waals surface area (Å²) >= 11 is 0. The molecule has 1 fully saturated rings. The first kappa shape index (κ1) is 10.4. The van der Waals surface area contributed by atoms with Crippen molar-refractivity contribution in [1.82, 2.24) is 0 Å². The van der Waals surface area contributed by atoms with Gasteiger partial charge in [0.25, 0.3) is 0 Å². The molecular weight excluding hydrogens is 195 g/mol. The molecule has 82 valence electrons. The van der Waals surface area contributed by atoms with Crippen LogP contribution in [0.5, 0.6) is 5.75 Å². The number of aryl methyl sites for hydroxylation is 1. The first-order valence-electron chi connectivity index (χ1n) is 5.18. The molecule has 1 heterocycles. The van der Waals surface area contributed by atoms with E-state index in [1.807, 2.05) is 6.92 Å². The van der Waals surface area contributed by atoms with Gasteiger partial charge in [-0.1, -0.05) is 0 Å². The van der Waals surface area contributed by atoms with Crippen molar-refractivity contribution in [2.45, 2.75) is 32.0 Å². The van der Waals surface area contributed by atoms with Crippen LogP contribution in [0.3, 0.4) is 0 Å². The lowest BCUT2D eigenvalue weighted by Crippen LogP contribution is -1.97. The van der Waals surface area contributed by atoms with Crippen molar-refractivity contribution in [3.63, 3.8) is 0 Å². The van der Waals surface area contributed by atoms with Crippen LogP contribution in [0, 0.1) is 5.82 Å². The van der Waals surface area contributed by atoms with Crippen LogP contribution in [0.1, 0.15) is 18.9 Å². The molecule has 0 aliphatic carbocycles. The van der Waals surface area contributed by atoms with E-state index in [1.54, 1.807) is 13.2 Å². The van der Waals surface area contributed by atoms with Crippen LogP contribution in [-0.4, -0.2) is 19.3 Å². The molecule has 0 bridgehead atoms. The summed E-state index contributed by atoms with van der Waals surface area (Å²) in [6, 6.07) is 4.62. The van der Waals surface area contributed by atoms with Gasteiger partial charge in [0.1, 0.15) is 11.6 Å². The van der Waals surface area contributed by atoms with Crippen molar-refractivity contribution in [2.24, 2.45) is 0 Å². The first-order valence-corrected chi connectivity index (χ1v) is 5.18. The molecule has 0 spiro atoms. The van der Waals surface area contributed by atoms with Gasteiger partial charge >= 0.3 is 0 Å². The van der Waals surface area contributed by atoms with Crippen LogP contribution in [0.4, 0.5) is 4.39 Å². The van der Waals surface area contributed by atoms with Gasteiger partial charge in [-0.2, -0.15) is 0 Å². The maximum atomic E-state index is 13.0. The molecule has 2 nitrogen and oxygen atoms in total. The van der Waals surface area contributed by atoms with Crippen LogP contribution < -0.4 is 4.74 Å². The lowest BCUT2D eigenvalue weighted by molar-refractivity contribution is 0.368. The number of epoxide rings is 1. The van der Waals surface area contributed by atoms with Crippen molar-refractivity contribution in [2.75, 3.05) is 7.11 Å². The Morgan fingerprint density at radius 1 is 1.47 bits per heavy atom. The van der Waals surface area contributed by atoms with E-state index >= 15 is 0 Å². The normalized spacial score (nSPS) is 23.9. The molecule has 2 unspecified atom stereocenters. The van der Waals surface area contributed by atoms with E-state index in [1.165, 1.54) is 12.1 Å². The SMILES string of the molecule is COc1ccc(F)cc1CCC1OC1C. The van der Waals surface area contributed by atoms with Crippen molar-refractivity contribution < 1.29 is 13.9 Å². The van der Waals surface area contributed by atoms with E-state index in [-0.39, 0.29) is 5.82 Å². The van der Waals surface area contributed by atoms with Gasteiger partial charge in [-0.05, 0) is 43.5 Å². The van der Waals surface area contributed by atoms with Gasteiger partial charge in [-0.15, -0.1) is 0 Å². The van der Waals surface area contributed by atoms with Crippen LogP contribution in [0.25, 0.3) is 0 Å². The largest absolute Gasteiger partial charge is 0.496 e. The maximum absolute atomic E-state index is 13.0. The molecule has 0 N–H and O–H groups in total. The van der Waals surface area contributed by atoms with Crippen LogP contribution >= 0.6 is 0 Å². The predicted molar refractivity (Wildman–Crippen MR) is 55.6 cm³/mol. The lowest BCUT2D eigenvalue weighted by Gasteiger charge is -2.07. The van der Waals surface area contributed by atoms with Crippen molar-refractivity contribution in [3.8, 4) is 5.75 Å². The lowest BCUT2D eigenvalue weighted by atomic mass is 10.1. The number of ether oxygens (including phenoxy) is 2. The molecule has 1 aliphatic heterocycles. The van der Waals surface area contributed by atoms with Gasteiger partial charge in [0.05, 0.1) is 19.3 Å². The van der Waals surface area contributed by atoms with Crippen LogP contribution in [-0.2, 0) is 11.2 Å². The number of methoxy groups -OCH3 is 1. The van der Waals surface area contributed by atoms with E-state index in [0.717, 1.165) is 24.2 Å². The molecule has 0 amide bonds. The summed E-state index contributed by atoms with van der Waals surface area (Å²) in [5.74, 6) is 0.542. The summed E-state index contributed by atoms with van der Waals surface area (Å²) in [7, 11) is 1.60. The molecule has 2 atom stereocenters. The fourth-order valence-electron chi connectivity index (χ4n) is 1.77. The Balaban J connectivity index is 2.01. The summed E-state index contributed by atoms with van der Waals surface area (Å²) < 4.78 is 23.5. The van der Waals surface area contributed by atoms with Crippen molar-refractivity contribution in [1.29, 1.82) is 0 Å². The highest BCUT2D eigenvalue weighted by molar-refractivity contribution is 5.34. The highest BCUT2D eigenvalue weighted by atomic mass is 19.1. The van der Waals surface area contributed by atoms with Gasteiger partial charge < -0.3 is 9.47 Å². The summed E-state index contributed by atoms with van der Waals surface area (Å²) in [6.07, 6.45) is 2.44. The quantitative estimate of drug-likeness (QED) is 0.712. The summed E-state index contributed by atoms with van der Waals surface area (Å²) in [5.41, 5.74) is 0.917. The molecule has 0 saturated carbocycles. The molecule has 1 saturated heterocycles. The minimum atomic E-state index is -0.212. The average Bonchev–Trinajstić information content (AvgIpc) is 2.92. The smallest absolute Gasteiger partial charge is 0.123 e. The van der Waals surface area contributed by atoms with Crippen LogP contribution in [0.15, 0.2) is 18.2 Å². The fraction of sp³-hybridized carbons (Fsp3) is 0.500. The Bertz CT molecular complexity index is 351. The second-order valence-corrected chi connectivity index (χ2v) is 3.87. The Labute approximate surface area is 89.0 Å². The molecule has 0 radical (unpaired) electrons. The standard InChI is InChI=1S/C12H15FO2/c1-8-11(15-8)5-3-9-7-10(13)4-6-12(9)14-2/h4,6-8,11H,3,5H2,1-2H3. The Morgan fingerprint density at radius 2 is 2.20 bits per heavy atom. The van der Waals surface area contributed by atoms with Gasteiger partial charge in [0, 0.05) is 0 Å². The zero-order valence-electron chi connectivity index (χ0n) is 9.00. The highest BCUT2D eigenvalue weighted by Gasteiger charge is 2.33. The second-order valence-electron chi connectivity index (χ2n) is 3.87. The van der Waals surface area contributed by atoms with Gasteiger partial charge in [0.15, 0.2) is 0 Å². The Hall–Kier alpha value is -1.09. The number of hydrogen-bond acceptors (Lipinski definition) is 2. The number of benzene rings is 1. The number of rotatable bonds is 4. The zero-order valence-corrected chi connectivity index (χ0v) is 9.00. The zero-order chi connectivity index (χ0) is 10.8. The maximum Gasteiger partial charge on any atom is 0.123 e. The van der Waals surface area contributed by atoms with Crippen molar-refractivity contribution in [3.05, 3.63) is 29.6 Å². The Morgan fingerprint density at radius 3 is 2.80 bits per heavy atom. The van der Waals surface area contributed by atoms with E-state index in [9.17, 15) is 4.39 Å². The summed E-state index contributed by atoms with van der Waals surface area (Å²) in [5, 5.41) is 0. The highest BCUT2D eigenvalue weighted by Crippen LogP contribution is 2.28. The van der Waals surface area contributed by atoms with Crippen molar-refractivity contribution >= 4 is 0 Å². The van der Waals surface area contributed by atoms with E-state index in [2.05, 4.69) is 0 Å². The molecule has 1 aromatic rings. The number of hydrogen-bond donors (Lipinski definition) is 0. The molecule has 2 rings (SSSR count). The average molecular weight is 210 g/mol. The van der Waals surface area contributed by atoms with E-state index in [0.29, 0.717) is 12.2 Å². The fourth-order valence-corrected chi connectivity index (χ4v) is 1.77. The van der Waals surface area contributed by atoms with E-state index < -0.39 is 0 Å². The van der Waals surface area contributed by atoms with E-state index in [4.69, 9.17) is 9.47 Å². The van der Waals surface area contributed by atoms with Gasteiger partial charge in [-0.25, -0.2) is 4.39 Å². The summed E-state index contributed by atoms with van der Waals surface area (Å²) in [4.78, 5) is 0. The third kappa shape index (κ3) is 2.48.